The Morgan fingerprint density at radius 3 is 2.81 bits per heavy atom. The van der Waals surface area contributed by atoms with Crippen LogP contribution in [0.1, 0.15) is 23.0 Å². The highest BCUT2D eigenvalue weighted by molar-refractivity contribution is 6.09. The molecule has 5 nitrogen and oxygen atoms in total. The SMILES string of the molecule is CCn1ncc(OC)c1C(=O)c1cccc(OC(F)F)c1. The van der Waals surface area contributed by atoms with Crippen molar-refractivity contribution in [3.8, 4) is 11.5 Å². The summed E-state index contributed by atoms with van der Waals surface area (Å²) in [5.41, 5.74) is 0.496. The third-order valence-electron chi connectivity index (χ3n) is 2.86. The first-order valence-electron chi connectivity index (χ1n) is 6.26. The first-order chi connectivity index (χ1) is 10.1. The number of rotatable bonds is 6. The molecule has 0 radical (unpaired) electrons. The lowest BCUT2D eigenvalue weighted by Crippen LogP contribution is -2.12. The Bertz CT molecular complexity index is 619. The minimum atomic E-state index is -2.94. The van der Waals surface area contributed by atoms with Crippen molar-refractivity contribution in [2.45, 2.75) is 20.1 Å². The van der Waals surface area contributed by atoms with Gasteiger partial charge in [0.2, 0.25) is 5.78 Å². The van der Waals surface area contributed by atoms with Crippen LogP contribution in [-0.4, -0.2) is 29.3 Å². The number of benzene rings is 1. The van der Waals surface area contributed by atoms with Crippen LogP contribution >= 0.6 is 0 Å². The van der Waals surface area contributed by atoms with E-state index < -0.39 is 6.61 Å². The van der Waals surface area contributed by atoms with Gasteiger partial charge in [0.15, 0.2) is 11.4 Å². The van der Waals surface area contributed by atoms with Crippen LogP contribution in [0.25, 0.3) is 0 Å². The molecule has 0 aliphatic rings. The summed E-state index contributed by atoms with van der Waals surface area (Å²) in [6, 6.07) is 5.62. The van der Waals surface area contributed by atoms with E-state index in [2.05, 4.69) is 9.84 Å². The molecule has 0 N–H and O–H groups in total. The van der Waals surface area contributed by atoms with Crippen molar-refractivity contribution in [2.24, 2.45) is 0 Å². The summed E-state index contributed by atoms with van der Waals surface area (Å²) in [7, 11) is 1.43. The molecule has 2 rings (SSSR count). The van der Waals surface area contributed by atoms with Gasteiger partial charge in [-0.05, 0) is 19.1 Å². The number of hydrogen-bond acceptors (Lipinski definition) is 4. The molecule has 0 bridgehead atoms. The maximum Gasteiger partial charge on any atom is 0.387 e. The van der Waals surface area contributed by atoms with Gasteiger partial charge in [-0.15, -0.1) is 0 Å². The van der Waals surface area contributed by atoms with Gasteiger partial charge in [-0.3, -0.25) is 9.48 Å². The minimum Gasteiger partial charge on any atom is -0.493 e. The summed E-state index contributed by atoms with van der Waals surface area (Å²) in [5.74, 6) is -0.106. The fourth-order valence-electron chi connectivity index (χ4n) is 1.94. The van der Waals surface area contributed by atoms with E-state index in [1.54, 1.807) is 0 Å². The molecule has 1 aromatic carbocycles. The zero-order valence-corrected chi connectivity index (χ0v) is 11.5. The third-order valence-corrected chi connectivity index (χ3v) is 2.86. The summed E-state index contributed by atoms with van der Waals surface area (Å²) >= 11 is 0. The molecule has 0 fully saturated rings. The Hall–Kier alpha value is -2.44. The largest absolute Gasteiger partial charge is 0.493 e. The Labute approximate surface area is 120 Å². The Kier molecular flexibility index (Phi) is 4.52. The summed E-state index contributed by atoms with van der Waals surface area (Å²) in [6.07, 6.45) is 1.44. The predicted molar refractivity (Wildman–Crippen MR) is 71.0 cm³/mol. The van der Waals surface area contributed by atoms with Crippen LogP contribution in [0.2, 0.25) is 0 Å². The number of aromatic nitrogens is 2. The Morgan fingerprint density at radius 1 is 1.43 bits per heavy atom. The van der Waals surface area contributed by atoms with Gasteiger partial charge < -0.3 is 9.47 Å². The van der Waals surface area contributed by atoms with E-state index >= 15 is 0 Å². The highest BCUT2D eigenvalue weighted by atomic mass is 19.3. The number of ketones is 1. The summed E-state index contributed by atoms with van der Waals surface area (Å²) in [5, 5.41) is 4.04. The monoisotopic (exact) mass is 296 g/mol. The molecule has 0 amide bonds. The first kappa shape index (κ1) is 15.0. The molecular formula is C14H14F2N2O3. The Morgan fingerprint density at radius 2 is 2.19 bits per heavy atom. The first-order valence-corrected chi connectivity index (χ1v) is 6.26. The van der Waals surface area contributed by atoms with E-state index in [1.165, 1.54) is 42.3 Å². The van der Waals surface area contributed by atoms with Gasteiger partial charge in [-0.25, -0.2) is 0 Å². The average Bonchev–Trinajstić information content (AvgIpc) is 2.89. The van der Waals surface area contributed by atoms with E-state index in [0.717, 1.165) is 0 Å². The molecule has 2 aromatic rings. The van der Waals surface area contributed by atoms with Gasteiger partial charge in [0.05, 0.1) is 13.3 Å². The predicted octanol–water partition coefficient (Wildman–Crippen LogP) is 2.74. The maximum atomic E-state index is 12.5. The number of methoxy groups -OCH3 is 1. The number of carbonyl (C=O) groups is 1. The fraction of sp³-hybridized carbons (Fsp3) is 0.286. The van der Waals surface area contributed by atoms with E-state index in [9.17, 15) is 13.6 Å². The van der Waals surface area contributed by atoms with Crippen molar-refractivity contribution in [3.63, 3.8) is 0 Å². The van der Waals surface area contributed by atoms with E-state index in [-0.39, 0.29) is 22.8 Å². The minimum absolute atomic E-state index is 0.0719. The van der Waals surface area contributed by atoms with Crippen molar-refractivity contribution in [3.05, 3.63) is 41.7 Å². The molecule has 21 heavy (non-hydrogen) atoms. The Balaban J connectivity index is 2.38. The number of aryl methyl sites for hydroxylation is 1. The van der Waals surface area contributed by atoms with E-state index in [1.807, 2.05) is 6.92 Å². The lowest BCUT2D eigenvalue weighted by molar-refractivity contribution is -0.0498. The van der Waals surface area contributed by atoms with Crippen LogP contribution in [-0.2, 0) is 6.54 Å². The molecule has 7 heteroatoms. The average molecular weight is 296 g/mol. The molecular weight excluding hydrogens is 282 g/mol. The fourth-order valence-corrected chi connectivity index (χ4v) is 1.94. The second kappa shape index (κ2) is 6.34. The smallest absolute Gasteiger partial charge is 0.387 e. The topological polar surface area (TPSA) is 53.4 Å². The van der Waals surface area contributed by atoms with Gasteiger partial charge in [-0.1, -0.05) is 12.1 Å². The molecule has 1 aromatic heterocycles. The molecule has 1 heterocycles. The zero-order valence-electron chi connectivity index (χ0n) is 11.5. The molecule has 0 saturated carbocycles. The number of halogens is 2. The van der Waals surface area contributed by atoms with Crippen LogP contribution < -0.4 is 9.47 Å². The lowest BCUT2D eigenvalue weighted by Gasteiger charge is -2.08. The van der Waals surface area contributed by atoms with Gasteiger partial charge in [0, 0.05) is 12.1 Å². The van der Waals surface area contributed by atoms with E-state index in [4.69, 9.17) is 4.74 Å². The number of nitrogens with zero attached hydrogens (tertiary/aromatic N) is 2. The molecule has 0 unspecified atom stereocenters. The van der Waals surface area contributed by atoms with Gasteiger partial charge in [0.25, 0.3) is 0 Å². The zero-order chi connectivity index (χ0) is 15.4. The van der Waals surface area contributed by atoms with Gasteiger partial charge >= 0.3 is 6.61 Å². The molecule has 0 saturated heterocycles. The normalized spacial score (nSPS) is 10.7. The van der Waals surface area contributed by atoms with Crippen molar-refractivity contribution in [1.29, 1.82) is 0 Å². The summed E-state index contributed by atoms with van der Waals surface area (Å²) in [4.78, 5) is 12.5. The van der Waals surface area contributed by atoms with Crippen LogP contribution in [0.15, 0.2) is 30.5 Å². The lowest BCUT2D eigenvalue weighted by atomic mass is 10.1. The van der Waals surface area contributed by atoms with Gasteiger partial charge in [0.1, 0.15) is 5.75 Å². The molecule has 0 atom stereocenters. The van der Waals surface area contributed by atoms with Crippen molar-refractivity contribution < 1.29 is 23.0 Å². The summed E-state index contributed by atoms with van der Waals surface area (Å²) < 4.78 is 35.3. The highest BCUT2D eigenvalue weighted by Crippen LogP contribution is 2.23. The molecule has 0 aliphatic heterocycles. The standard InChI is InChI=1S/C14H14F2N2O3/c1-3-18-12(11(20-2)8-17-18)13(19)9-5-4-6-10(7-9)21-14(15)16/h4-8,14H,3H2,1-2H3. The number of carbonyl (C=O) groups excluding carboxylic acids is 1. The van der Waals surface area contributed by atoms with Crippen LogP contribution in [0, 0.1) is 0 Å². The molecule has 0 aliphatic carbocycles. The van der Waals surface area contributed by atoms with Crippen molar-refractivity contribution in [2.75, 3.05) is 7.11 Å². The van der Waals surface area contributed by atoms with Crippen molar-refractivity contribution >= 4 is 5.78 Å². The quantitative estimate of drug-likeness (QED) is 0.769. The highest BCUT2D eigenvalue weighted by Gasteiger charge is 2.21. The van der Waals surface area contributed by atoms with Crippen LogP contribution in [0.5, 0.6) is 11.5 Å². The van der Waals surface area contributed by atoms with Gasteiger partial charge in [-0.2, -0.15) is 13.9 Å². The van der Waals surface area contributed by atoms with Crippen LogP contribution in [0.3, 0.4) is 0 Å². The molecule has 0 spiro atoms. The summed E-state index contributed by atoms with van der Waals surface area (Å²) in [6.45, 7) is -0.622. The number of alkyl halides is 2. The second-order valence-corrected chi connectivity index (χ2v) is 4.11. The van der Waals surface area contributed by atoms with Crippen molar-refractivity contribution in [1.82, 2.24) is 9.78 Å². The molecule has 112 valence electrons. The number of ether oxygens (including phenoxy) is 2. The van der Waals surface area contributed by atoms with E-state index in [0.29, 0.717) is 12.3 Å². The maximum absolute atomic E-state index is 12.5. The van der Waals surface area contributed by atoms with Crippen LogP contribution in [0.4, 0.5) is 8.78 Å². The number of hydrogen-bond donors (Lipinski definition) is 0. The second-order valence-electron chi connectivity index (χ2n) is 4.11. The third kappa shape index (κ3) is 3.18.